The van der Waals surface area contributed by atoms with Crippen molar-refractivity contribution in [2.45, 2.75) is 50.0 Å². The number of thiophene rings is 1. The van der Waals surface area contributed by atoms with E-state index >= 15 is 0 Å². The molecule has 2 aliphatic heterocycles. The van der Waals surface area contributed by atoms with Crippen LogP contribution < -0.4 is 5.32 Å². The quantitative estimate of drug-likeness (QED) is 0.882. The monoisotopic (exact) mass is 372 g/mol. The third-order valence-electron chi connectivity index (χ3n) is 5.44. The summed E-state index contributed by atoms with van der Waals surface area (Å²) in [5.41, 5.74) is -0.933. The Morgan fingerprint density at radius 1 is 1.28 bits per heavy atom. The topological polar surface area (TPSA) is 50.2 Å². The molecule has 2 bridgehead atoms. The fourth-order valence-electron chi connectivity index (χ4n) is 4.15. The van der Waals surface area contributed by atoms with Gasteiger partial charge in [0.15, 0.2) is 5.69 Å². The maximum absolute atomic E-state index is 13.1. The molecule has 25 heavy (non-hydrogen) atoms. The Morgan fingerprint density at radius 3 is 2.52 bits per heavy atom. The molecule has 1 N–H and O–H groups in total. The van der Waals surface area contributed by atoms with Crippen LogP contribution in [0.25, 0.3) is 10.2 Å². The Labute approximate surface area is 146 Å². The van der Waals surface area contributed by atoms with Crippen LogP contribution in [0.1, 0.15) is 41.0 Å². The normalized spacial score (nSPS) is 27.2. The number of aryl methyl sites for hydroxylation is 1. The average molecular weight is 372 g/mol. The molecule has 0 spiro atoms. The number of aromatic nitrogens is 2. The van der Waals surface area contributed by atoms with Gasteiger partial charge in [0.25, 0.3) is 5.91 Å². The van der Waals surface area contributed by atoms with Gasteiger partial charge in [-0.15, -0.1) is 11.3 Å². The van der Waals surface area contributed by atoms with E-state index in [9.17, 15) is 18.0 Å². The zero-order chi connectivity index (χ0) is 17.9. The van der Waals surface area contributed by atoms with Crippen LogP contribution in [-0.4, -0.2) is 45.8 Å². The number of halogens is 3. The van der Waals surface area contributed by atoms with Gasteiger partial charge >= 0.3 is 6.18 Å². The molecule has 5 nitrogen and oxygen atoms in total. The molecule has 0 unspecified atom stereocenters. The van der Waals surface area contributed by atoms with Crippen LogP contribution in [0, 0.1) is 0 Å². The van der Waals surface area contributed by atoms with Crippen molar-refractivity contribution in [2.24, 2.45) is 7.05 Å². The van der Waals surface area contributed by atoms with Crippen LogP contribution in [0.3, 0.4) is 0 Å². The summed E-state index contributed by atoms with van der Waals surface area (Å²) < 4.78 is 40.4. The summed E-state index contributed by atoms with van der Waals surface area (Å²) in [5, 5.41) is 6.55. The lowest BCUT2D eigenvalue weighted by molar-refractivity contribution is -0.140. The first-order valence-electron chi connectivity index (χ1n) is 8.30. The molecule has 0 aliphatic carbocycles. The SMILES string of the molecule is CN1[C@H]2CC[C@H]1CC(NC(=O)c1cc3c(C(F)(F)F)nn(C)c3s1)C2. The molecule has 4 rings (SSSR count). The number of rotatable bonds is 2. The Kier molecular flexibility index (Phi) is 3.84. The first-order chi connectivity index (χ1) is 11.7. The van der Waals surface area contributed by atoms with E-state index < -0.39 is 11.9 Å². The number of alkyl halides is 3. The maximum atomic E-state index is 13.1. The Bertz CT molecular complexity index is 813. The summed E-state index contributed by atoms with van der Waals surface area (Å²) >= 11 is 1.05. The van der Waals surface area contributed by atoms with Crippen molar-refractivity contribution >= 4 is 27.5 Å². The van der Waals surface area contributed by atoms with Gasteiger partial charge in [0.05, 0.1) is 4.88 Å². The lowest BCUT2D eigenvalue weighted by Gasteiger charge is -2.36. The van der Waals surface area contributed by atoms with Crippen molar-refractivity contribution in [3.63, 3.8) is 0 Å². The van der Waals surface area contributed by atoms with Crippen molar-refractivity contribution < 1.29 is 18.0 Å². The summed E-state index contributed by atoms with van der Waals surface area (Å²) in [5.74, 6) is -0.289. The summed E-state index contributed by atoms with van der Waals surface area (Å²) in [6.45, 7) is 0. The van der Waals surface area contributed by atoms with Gasteiger partial charge < -0.3 is 10.2 Å². The zero-order valence-electron chi connectivity index (χ0n) is 13.9. The Balaban J connectivity index is 1.55. The number of nitrogens with zero attached hydrogens (tertiary/aromatic N) is 3. The first-order valence-corrected chi connectivity index (χ1v) is 9.12. The number of piperidine rings is 1. The highest BCUT2D eigenvalue weighted by molar-refractivity contribution is 7.20. The highest BCUT2D eigenvalue weighted by Gasteiger charge is 2.40. The second-order valence-electron chi connectivity index (χ2n) is 6.99. The predicted octanol–water partition coefficient (Wildman–Crippen LogP) is 3.01. The summed E-state index contributed by atoms with van der Waals surface area (Å²) in [4.78, 5) is 15.6. The minimum absolute atomic E-state index is 0.00593. The molecule has 2 aromatic heterocycles. The molecule has 2 saturated heterocycles. The van der Waals surface area contributed by atoms with E-state index in [0.717, 1.165) is 37.0 Å². The van der Waals surface area contributed by atoms with Gasteiger partial charge in [0.2, 0.25) is 0 Å². The van der Waals surface area contributed by atoms with Gasteiger partial charge in [-0.3, -0.25) is 9.48 Å². The minimum atomic E-state index is -4.53. The molecule has 1 amide bonds. The van der Waals surface area contributed by atoms with E-state index in [-0.39, 0.29) is 17.3 Å². The van der Waals surface area contributed by atoms with E-state index in [2.05, 4.69) is 22.4 Å². The molecule has 2 aliphatic rings. The molecule has 9 heteroatoms. The number of carbonyl (C=O) groups is 1. The van der Waals surface area contributed by atoms with E-state index in [1.165, 1.54) is 17.8 Å². The van der Waals surface area contributed by atoms with E-state index in [1.807, 2.05) is 0 Å². The number of hydrogen-bond donors (Lipinski definition) is 1. The average Bonchev–Trinajstić information content (AvgIpc) is 3.12. The van der Waals surface area contributed by atoms with Gasteiger partial charge in [-0.25, -0.2) is 0 Å². The highest BCUT2D eigenvalue weighted by atomic mass is 32.1. The van der Waals surface area contributed by atoms with Crippen molar-refractivity contribution in [3.8, 4) is 0 Å². The van der Waals surface area contributed by atoms with Gasteiger partial charge in [-0.1, -0.05) is 0 Å². The van der Waals surface area contributed by atoms with Crippen molar-refractivity contribution in [2.75, 3.05) is 7.05 Å². The molecule has 2 aromatic rings. The number of hydrogen-bond acceptors (Lipinski definition) is 4. The lowest BCUT2D eigenvalue weighted by Crippen LogP contribution is -2.48. The van der Waals surface area contributed by atoms with Crippen LogP contribution in [-0.2, 0) is 13.2 Å². The molecule has 0 radical (unpaired) electrons. The van der Waals surface area contributed by atoms with E-state index in [0.29, 0.717) is 21.8 Å². The number of fused-ring (bicyclic) bond motifs is 3. The van der Waals surface area contributed by atoms with Gasteiger partial charge in [-0.2, -0.15) is 18.3 Å². The zero-order valence-corrected chi connectivity index (χ0v) is 14.7. The van der Waals surface area contributed by atoms with Gasteiger partial charge in [0, 0.05) is 30.6 Å². The molecule has 0 aromatic carbocycles. The van der Waals surface area contributed by atoms with Crippen molar-refractivity contribution in [3.05, 3.63) is 16.6 Å². The molecule has 0 saturated carbocycles. The molecular formula is C16H19F3N4OS. The first kappa shape index (κ1) is 16.8. The van der Waals surface area contributed by atoms with Crippen LogP contribution in [0.2, 0.25) is 0 Å². The second kappa shape index (κ2) is 5.70. The second-order valence-corrected chi connectivity index (χ2v) is 8.02. The summed E-state index contributed by atoms with van der Waals surface area (Å²) in [7, 11) is 3.59. The molecule has 2 atom stereocenters. The third kappa shape index (κ3) is 2.83. The lowest BCUT2D eigenvalue weighted by atomic mass is 9.98. The number of amides is 1. The van der Waals surface area contributed by atoms with E-state index in [1.54, 1.807) is 0 Å². The Hall–Kier alpha value is -1.61. The van der Waals surface area contributed by atoms with Crippen LogP contribution in [0.5, 0.6) is 0 Å². The summed E-state index contributed by atoms with van der Waals surface area (Å²) in [6.07, 6.45) is -0.423. The Morgan fingerprint density at radius 2 is 1.92 bits per heavy atom. The van der Waals surface area contributed by atoms with Crippen molar-refractivity contribution in [1.29, 1.82) is 0 Å². The van der Waals surface area contributed by atoms with Gasteiger partial charge in [0.1, 0.15) is 4.83 Å². The van der Waals surface area contributed by atoms with E-state index in [4.69, 9.17) is 0 Å². The fourth-order valence-corrected chi connectivity index (χ4v) is 5.12. The third-order valence-corrected chi connectivity index (χ3v) is 6.64. The highest BCUT2D eigenvalue weighted by Crippen LogP contribution is 2.38. The molecule has 136 valence electrons. The number of nitrogens with one attached hydrogen (secondary N) is 1. The fraction of sp³-hybridized carbons (Fsp3) is 0.625. The summed E-state index contributed by atoms with van der Waals surface area (Å²) in [6, 6.07) is 2.39. The maximum Gasteiger partial charge on any atom is 0.435 e. The number of carbonyl (C=O) groups excluding carboxylic acids is 1. The molecular weight excluding hydrogens is 353 g/mol. The van der Waals surface area contributed by atoms with Crippen LogP contribution >= 0.6 is 11.3 Å². The van der Waals surface area contributed by atoms with Crippen molar-refractivity contribution in [1.82, 2.24) is 20.0 Å². The molecule has 4 heterocycles. The standard InChI is InChI=1S/C16H19F3N4OS/c1-22-9-3-4-10(22)6-8(5-9)20-14(24)12-7-11-13(16(17,18)19)21-23(2)15(11)25-12/h7-10H,3-6H2,1-2H3,(H,20,24)/t9-,10-/m0/s1. The smallest absolute Gasteiger partial charge is 0.348 e. The largest absolute Gasteiger partial charge is 0.435 e. The molecule has 2 fully saturated rings. The van der Waals surface area contributed by atoms with Crippen LogP contribution in [0.4, 0.5) is 13.2 Å². The van der Waals surface area contributed by atoms with Gasteiger partial charge in [-0.05, 0) is 38.8 Å². The minimum Gasteiger partial charge on any atom is -0.348 e. The predicted molar refractivity (Wildman–Crippen MR) is 88.7 cm³/mol. The van der Waals surface area contributed by atoms with Crippen LogP contribution in [0.15, 0.2) is 6.07 Å².